The first-order valence-electron chi connectivity index (χ1n) is 8.28. The van der Waals surface area contributed by atoms with Gasteiger partial charge in [0.05, 0.1) is 17.4 Å². The van der Waals surface area contributed by atoms with E-state index in [0.717, 1.165) is 37.3 Å². The van der Waals surface area contributed by atoms with Crippen LogP contribution in [0.4, 0.5) is 16.2 Å². The molecule has 1 atom stereocenters. The van der Waals surface area contributed by atoms with Gasteiger partial charge in [0, 0.05) is 27.2 Å². The molecule has 1 N–H and O–H groups in total. The summed E-state index contributed by atoms with van der Waals surface area (Å²) in [5, 5.41) is 3.49. The highest BCUT2D eigenvalue weighted by atomic mass is 16.6. The van der Waals surface area contributed by atoms with E-state index < -0.39 is 5.60 Å². The van der Waals surface area contributed by atoms with Crippen molar-refractivity contribution >= 4 is 17.5 Å². The Morgan fingerprint density at radius 2 is 2.04 bits per heavy atom. The summed E-state index contributed by atoms with van der Waals surface area (Å²) in [5.41, 5.74) is 1.79. The third-order valence-electron chi connectivity index (χ3n) is 3.92. The molecule has 0 spiro atoms. The number of likely N-dealkylation sites (tertiary alicyclic amines) is 1. The number of amides is 1. The zero-order valence-electron chi connectivity index (χ0n) is 14.9. The Kier molecular flexibility index (Phi) is 5.39. The molecule has 1 aromatic carbocycles. The zero-order valence-corrected chi connectivity index (χ0v) is 14.9. The number of carbonyl (C=O) groups is 1. The summed E-state index contributed by atoms with van der Waals surface area (Å²) >= 11 is 0. The maximum Gasteiger partial charge on any atom is 0.410 e. The maximum atomic E-state index is 12.3. The van der Waals surface area contributed by atoms with E-state index in [1.165, 1.54) is 0 Å². The third kappa shape index (κ3) is 4.78. The normalized spacial score (nSPS) is 18.0. The number of nitrogens with zero attached hydrogens (tertiary/aromatic N) is 2. The van der Waals surface area contributed by atoms with Crippen LogP contribution in [0.5, 0.6) is 0 Å². The van der Waals surface area contributed by atoms with E-state index in [0.29, 0.717) is 0 Å². The molecule has 0 bridgehead atoms. The van der Waals surface area contributed by atoms with Crippen LogP contribution < -0.4 is 10.2 Å². The summed E-state index contributed by atoms with van der Waals surface area (Å²) in [6.07, 6.45) is 1.83. The summed E-state index contributed by atoms with van der Waals surface area (Å²) in [6.45, 7) is 7.23. The van der Waals surface area contributed by atoms with E-state index in [1.54, 1.807) is 0 Å². The van der Waals surface area contributed by atoms with Crippen molar-refractivity contribution in [3.8, 4) is 0 Å². The SMILES string of the molecule is CN(C)c1ccccc1NCC1CCCN1C(=O)OC(C)(C)C. The van der Waals surface area contributed by atoms with Crippen molar-refractivity contribution in [1.29, 1.82) is 0 Å². The van der Waals surface area contributed by atoms with Gasteiger partial charge in [-0.15, -0.1) is 0 Å². The van der Waals surface area contributed by atoms with Crippen molar-refractivity contribution in [1.82, 2.24) is 4.90 Å². The van der Waals surface area contributed by atoms with Gasteiger partial charge in [0.1, 0.15) is 5.60 Å². The van der Waals surface area contributed by atoms with Crippen LogP contribution in [0.3, 0.4) is 0 Å². The lowest BCUT2D eigenvalue weighted by atomic mass is 10.2. The standard InChI is InChI=1S/C18H29N3O2/c1-18(2,3)23-17(22)21-12-8-9-14(21)13-19-15-10-6-7-11-16(15)20(4)5/h6-7,10-11,14,19H,8-9,12-13H2,1-5H3. The second-order valence-electron chi connectivity index (χ2n) is 7.26. The Morgan fingerprint density at radius 1 is 1.35 bits per heavy atom. The fourth-order valence-electron chi connectivity index (χ4n) is 2.85. The predicted molar refractivity (Wildman–Crippen MR) is 95.2 cm³/mol. The fraction of sp³-hybridized carbons (Fsp3) is 0.611. The van der Waals surface area contributed by atoms with Gasteiger partial charge in [-0.25, -0.2) is 4.79 Å². The van der Waals surface area contributed by atoms with E-state index in [4.69, 9.17) is 4.74 Å². The first-order valence-corrected chi connectivity index (χ1v) is 8.28. The van der Waals surface area contributed by atoms with E-state index in [2.05, 4.69) is 22.3 Å². The molecule has 5 heteroatoms. The monoisotopic (exact) mass is 319 g/mol. The minimum absolute atomic E-state index is 0.181. The highest BCUT2D eigenvalue weighted by Crippen LogP contribution is 2.25. The summed E-state index contributed by atoms with van der Waals surface area (Å²) in [7, 11) is 4.06. The topological polar surface area (TPSA) is 44.8 Å². The average molecular weight is 319 g/mol. The molecule has 2 rings (SSSR count). The maximum absolute atomic E-state index is 12.3. The van der Waals surface area contributed by atoms with Gasteiger partial charge in [-0.1, -0.05) is 12.1 Å². The van der Waals surface area contributed by atoms with Crippen molar-refractivity contribution in [2.75, 3.05) is 37.4 Å². The molecule has 1 amide bonds. The Bertz CT molecular complexity index is 537. The largest absolute Gasteiger partial charge is 0.444 e. The number of ether oxygens (including phenoxy) is 1. The third-order valence-corrected chi connectivity index (χ3v) is 3.92. The molecule has 5 nitrogen and oxygen atoms in total. The van der Waals surface area contributed by atoms with Crippen LogP contribution in [0.15, 0.2) is 24.3 Å². The second kappa shape index (κ2) is 7.11. The van der Waals surface area contributed by atoms with E-state index in [9.17, 15) is 4.79 Å². The second-order valence-corrected chi connectivity index (χ2v) is 7.26. The van der Waals surface area contributed by atoms with Gasteiger partial charge in [0.2, 0.25) is 0 Å². The van der Waals surface area contributed by atoms with Gasteiger partial charge in [0.25, 0.3) is 0 Å². The first-order chi connectivity index (χ1) is 10.8. The minimum atomic E-state index is -0.449. The number of rotatable bonds is 4. The number of benzene rings is 1. The Hall–Kier alpha value is -1.91. The number of hydrogen-bond donors (Lipinski definition) is 1. The molecule has 0 radical (unpaired) electrons. The number of anilines is 2. The summed E-state index contributed by atoms with van der Waals surface area (Å²) < 4.78 is 5.52. The van der Waals surface area contributed by atoms with Gasteiger partial charge in [-0.2, -0.15) is 0 Å². The lowest BCUT2D eigenvalue weighted by molar-refractivity contribution is 0.0235. The quantitative estimate of drug-likeness (QED) is 0.921. The molecule has 23 heavy (non-hydrogen) atoms. The number of nitrogens with one attached hydrogen (secondary N) is 1. The van der Waals surface area contributed by atoms with Crippen LogP contribution in [0.25, 0.3) is 0 Å². The average Bonchev–Trinajstić information content (AvgIpc) is 2.92. The molecule has 1 heterocycles. The van der Waals surface area contributed by atoms with E-state index >= 15 is 0 Å². The summed E-state index contributed by atoms with van der Waals surface area (Å²) in [6, 6.07) is 8.39. The van der Waals surface area contributed by atoms with Gasteiger partial charge in [-0.3, -0.25) is 0 Å². The molecule has 0 aliphatic carbocycles. The Labute approximate surface area is 139 Å². The highest BCUT2D eigenvalue weighted by molar-refractivity contribution is 5.70. The van der Waals surface area contributed by atoms with Crippen molar-refractivity contribution in [3.05, 3.63) is 24.3 Å². The minimum Gasteiger partial charge on any atom is -0.444 e. The van der Waals surface area contributed by atoms with Crippen LogP contribution in [-0.4, -0.2) is 49.8 Å². The smallest absolute Gasteiger partial charge is 0.410 e. The molecule has 1 fully saturated rings. The zero-order chi connectivity index (χ0) is 17.0. The molecule has 1 aliphatic rings. The molecular weight excluding hydrogens is 290 g/mol. The van der Waals surface area contributed by atoms with Crippen molar-refractivity contribution in [3.63, 3.8) is 0 Å². The molecule has 1 saturated heterocycles. The first kappa shape index (κ1) is 17.4. The van der Waals surface area contributed by atoms with E-state index in [-0.39, 0.29) is 12.1 Å². The van der Waals surface area contributed by atoms with Crippen LogP contribution in [0.2, 0.25) is 0 Å². The van der Waals surface area contributed by atoms with Gasteiger partial charge < -0.3 is 19.9 Å². The summed E-state index contributed by atoms with van der Waals surface area (Å²) in [5.74, 6) is 0. The fourth-order valence-corrected chi connectivity index (χ4v) is 2.85. The van der Waals surface area contributed by atoms with Crippen LogP contribution in [-0.2, 0) is 4.74 Å². The number of carbonyl (C=O) groups excluding carboxylic acids is 1. The van der Waals surface area contributed by atoms with Gasteiger partial charge in [-0.05, 0) is 45.7 Å². The molecule has 1 aliphatic heterocycles. The van der Waals surface area contributed by atoms with Gasteiger partial charge >= 0.3 is 6.09 Å². The van der Waals surface area contributed by atoms with Crippen molar-refractivity contribution in [2.24, 2.45) is 0 Å². The summed E-state index contributed by atoms with van der Waals surface area (Å²) in [4.78, 5) is 16.3. The number of para-hydroxylation sites is 2. The number of hydrogen-bond acceptors (Lipinski definition) is 4. The van der Waals surface area contributed by atoms with Crippen LogP contribution in [0.1, 0.15) is 33.6 Å². The predicted octanol–water partition coefficient (Wildman–Crippen LogP) is 3.56. The van der Waals surface area contributed by atoms with E-state index in [1.807, 2.05) is 51.9 Å². The lowest BCUT2D eigenvalue weighted by Gasteiger charge is -2.29. The molecular formula is C18H29N3O2. The molecule has 0 saturated carbocycles. The Morgan fingerprint density at radius 3 is 2.70 bits per heavy atom. The van der Waals surface area contributed by atoms with Crippen LogP contribution in [0, 0.1) is 0 Å². The van der Waals surface area contributed by atoms with Crippen molar-refractivity contribution in [2.45, 2.75) is 45.3 Å². The molecule has 1 aromatic rings. The Balaban J connectivity index is 1.98. The molecule has 0 aromatic heterocycles. The molecule has 1 unspecified atom stereocenters. The van der Waals surface area contributed by atoms with Gasteiger partial charge in [0.15, 0.2) is 0 Å². The van der Waals surface area contributed by atoms with Crippen molar-refractivity contribution < 1.29 is 9.53 Å². The lowest BCUT2D eigenvalue weighted by Crippen LogP contribution is -2.42. The molecule has 128 valence electrons. The van der Waals surface area contributed by atoms with Crippen LogP contribution >= 0.6 is 0 Å². The highest BCUT2D eigenvalue weighted by Gasteiger charge is 2.32.